The molecule has 1 heterocycles. The lowest BCUT2D eigenvalue weighted by Gasteiger charge is -2.40. The predicted molar refractivity (Wildman–Crippen MR) is 239 cm³/mol. The number of hydrogen-bond donors (Lipinski definition) is 5. The van der Waals surface area contributed by atoms with Crippen LogP contribution in [-0.4, -0.2) is 101 Å². The van der Waals surface area contributed by atoms with Crippen LogP contribution < -0.4 is 0 Å². The summed E-state index contributed by atoms with van der Waals surface area (Å²) in [5, 5.41) is 51.7. The first-order chi connectivity index (χ1) is 27.4. The quantitative estimate of drug-likeness (QED) is 0.0388. The second-order valence-corrected chi connectivity index (χ2v) is 20.5. The lowest BCUT2D eigenvalue weighted by molar-refractivity contribution is -0.306. The van der Waals surface area contributed by atoms with Crippen LogP contribution in [0.15, 0.2) is 0 Å². The summed E-state index contributed by atoms with van der Waals surface area (Å²) in [7, 11) is 0. The Balaban J connectivity index is 2.49. The summed E-state index contributed by atoms with van der Waals surface area (Å²) in [6.07, 6.45) is 16.6. The van der Waals surface area contributed by atoms with Crippen LogP contribution in [0.5, 0.6) is 0 Å². The van der Waals surface area contributed by atoms with E-state index >= 15 is 0 Å². The van der Waals surface area contributed by atoms with Crippen LogP contribution in [0.1, 0.15) is 198 Å². The van der Waals surface area contributed by atoms with E-state index in [1.54, 1.807) is 0 Å². The molecule has 1 rings (SSSR count). The SMILES string of the molecule is CC(C)CCCC(C)CCCC(C)CCCC(C)CCOC[C@H](COC1OC(CO)C(O)C(O)C1O)OCCC(C)(O)CCCC(C)CCCC(C)CCCC(C)C. The fraction of sp³-hybridized carbons (Fsp3) is 1.00. The number of hydrogen-bond acceptors (Lipinski definition) is 9. The summed E-state index contributed by atoms with van der Waals surface area (Å²) < 4.78 is 23.7. The Bertz CT molecular complexity index is 945. The van der Waals surface area contributed by atoms with Crippen LogP contribution in [0.3, 0.4) is 0 Å². The average molecular weight is 831 g/mol. The second kappa shape index (κ2) is 32.3. The minimum absolute atomic E-state index is 0.0167. The smallest absolute Gasteiger partial charge is 0.186 e. The van der Waals surface area contributed by atoms with E-state index in [4.69, 9.17) is 18.9 Å². The highest BCUT2D eigenvalue weighted by Gasteiger charge is 2.44. The van der Waals surface area contributed by atoms with Crippen molar-refractivity contribution in [2.75, 3.05) is 33.0 Å². The van der Waals surface area contributed by atoms with Crippen molar-refractivity contribution >= 4 is 0 Å². The third-order valence-electron chi connectivity index (χ3n) is 12.9. The van der Waals surface area contributed by atoms with Gasteiger partial charge in [-0.2, -0.15) is 0 Å². The van der Waals surface area contributed by atoms with Gasteiger partial charge < -0.3 is 44.5 Å². The molecule has 9 heteroatoms. The van der Waals surface area contributed by atoms with Crippen molar-refractivity contribution in [2.24, 2.45) is 41.4 Å². The van der Waals surface area contributed by atoms with Crippen molar-refractivity contribution < 1.29 is 44.5 Å². The molecule has 0 aromatic heterocycles. The number of aliphatic hydroxyl groups excluding tert-OH is 4. The zero-order chi connectivity index (χ0) is 43.5. The third-order valence-corrected chi connectivity index (χ3v) is 12.9. The lowest BCUT2D eigenvalue weighted by atomic mass is 9.89. The van der Waals surface area contributed by atoms with E-state index in [1.807, 2.05) is 6.92 Å². The van der Waals surface area contributed by atoms with Crippen LogP contribution in [0, 0.1) is 41.4 Å². The monoisotopic (exact) mass is 831 g/mol. The van der Waals surface area contributed by atoms with Crippen molar-refractivity contribution in [2.45, 2.75) is 240 Å². The van der Waals surface area contributed by atoms with Gasteiger partial charge in [0, 0.05) is 13.2 Å². The van der Waals surface area contributed by atoms with E-state index < -0.39 is 49.0 Å². The van der Waals surface area contributed by atoms with Gasteiger partial charge in [0.1, 0.15) is 30.5 Å². The molecule has 1 saturated heterocycles. The Labute approximate surface area is 358 Å². The summed E-state index contributed by atoms with van der Waals surface area (Å²) in [5.74, 6) is 5.22. The highest BCUT2D eigenvalue weighted by atomic mass is 16.7. The van der Waals surface area contributed by atoms with Crippen molar-refractivity contribution in [1.29, 1.82) is 0 Å². The predicted octanol–water partition coefficient (Wildman–Crippen LogP) is 10.3. The van der Waals surface area contributed by atoms with Gasteiger partial charge in [-0.3, -0.25) is 0 Å². The maximum atomic E-state index is 11.2. The molecule has 348 valence electrons. The summed E-state index contributed by atoms with van der Waals surface area (Å²) in [6, 6.07) is 0. The van der Waals surface area contributed by atoms with Crippen LogP contribution in [-0.2, 0) is 18.9 Å². The van der Waals surface area contributed by atoms with Crippen molar-refractivity contribution in [3.63, 3.8) is 0 Å². The minimum atomic E-state index is -1.51. The fourth-order valence-electron chi connectivity index (χ4n) is 8.37. The van der Waals surface area contributed by atoms with Gasteiger partial charge in [0.25, 0.3) is 0 Å². The fourth-order valence-corrected chi connectivity index (χ4v) is 8.37. The molecule has 1 aliphatic rings. The number of ether oxygens (including phenoxy) is 4. The first-order valence-corrected chi connectivity index (χ1v) is 24.3. The summed E-state index contributed by atoms with van der Waals surface area (Å²) >= 11 is 0. The standard InChI is InChI=1S/C49H98O9/c1-36(2)17-11-19-38(5)21-13-23-40(7)24-15-26-42(9)28-31-55-34-43(35-57-48-47(53)46(52)45(51)44(33-50)58-48)56-32-30-49(10,54)29-16-27-41(8)25-14-22-39(6)20-12-18-37(3)4/h36-48,50-54H,11-35H2,1-10H3/t38?,39?,40?,41?,42?,43-,44?,45?,46?,47?,48?,49?/m1/s1. The second-order valence-electron chi connectivity index (χ2n) is 20.5. The summed E-state index contributed by atoms with van der Waals surface area (Å²) in [6.45, 7) is 23.6. The van der Waals surface area contributed by atoms with E-state index in [1.165, 1.54) is 96.3 Å². The Hall–Kier alpha value is -0.360. The van der Waals surface area contributed by atoms with Crippen molar-refractivity contribution in [3.05, 3.63) is 0 Å². The molecule has 0 bridgehead atoms. The minimum Gasteiger partial charge on any atom is -0.394 e. The highest BCUT2D eigenvalue weighted by Crippen LogP contribution is 2.27. The first-order valence-electron chi connectivity index (χ1n) is 24.3. The molecule has 0 aromatic rings. The van der Waals surface area contributed by atoms with Crippen LogP contribution in [0.4, 0.5) is 0 Å². The maximum absolute atomic E-state index is 11.2. The summed E-state index contributed by atoms with van der Waals surface area (Å²) in [4.78, 5) is 0. The van der Waals surface area contributed by atoms with Gasteiger partial charge in [0.15, 0.2) is 6.29 Å². The molecule has 58 heavy (non-hydrogen) atoms. The van der Waals surface area contributed by atoms with E-state index in [0.29, 0.717) is 37.9 Å². The Kier molecular flexibility index (Phi) is 31.0. The van der Waals surface area contributed by atoms with Gasteiger partial charge in [0.05, 0.1) is 25.4 Å². The van der Waals surface area contributed by atoms with E-state index in [9.17, 15) is 25.5 Å². The van der Waals surface area contributed by atoms with Crippen molar-refractivity contribution in [1.82, 2.24) is 0 Å². The molecule has 0 amide bonds. The molecule has 0 aliphatic carbocycles. The molecule has 0 aromatic carbocycles. The maximum Gasteiger partial charge on any atom is 0.186 e. The molecular formula is C49H98O9. The topological polar surface area (TPSA) is 138 Å². The average Bonchev–Trinajstić information content (AvgIpc) is 3.14. The van der Waals surface area contributed by atoms with Crippen LogP contribution in [0.25, 0.3) is 0 Å². The van der Waals surface area contributed by atoms with Gasteiger partial charge in [-0.25, -0.2) is 0 Å². The third kappa shape index (κ3) is 27.6. The first kappa shape index (κ1) is 55.7. The number of rotatable bonds is 37. The van der Waals surface area contributed by atoms with E-state index in [0.717, 1.165) is 48.9 Å². The molecule has 11 unspecified atom stereocenters. The Morgan fingerprint density at radius 3 is 1.40 bits per heavy atom. The molecule has 12 atom stereocenters. The van der Waals surface area contributed by atoms with Gasteiger partial charge in [0.2, 0.25) is 0 Å². The summed E-state index contributed by atoms with van der Waals surface area (Å²) in [5.41, 5.74) is -0.854. The molecule has 0 radical (unpaired) electrons. The van der Waals surface area contributed by atoms with Gasteiger partial charge >= 0.3 is 0 Å². The zero-order valence-electron chi connectivity index (χ0n) is 39.6. The normalized spacial score (nSPS) is 24.5. The van der Waals surface area contributed by atoms with Crippen LogP contribution >= 0.6 is 0 Å². The molecule has 0 saturated carbocycles. The highest BCUT2D eigenvalue weighted by molar-refractivity contribution is 4.89. The number of aliphatic hydroxyl groups is 5. The Morgan fingerprint density at radius 2 is 0.948 bits per heavy atom. The molecule has 9 nitrogen and oxygen atoms in total. The van der Waals surface area contributed by atoms with Crippen LogP contribution in [0.2, 0.25) is 0 Å². The Morgan fingerprint density at radius 1 is 0.517 bits per heavy atom. The zero-order valence-corrected chi connectivity index (χ0v) is 39.6. The largest absolute Gasteiger partial charge is 0.394 e. The molecule has 0 spiro atoms. The molecule has 1 aliphatic heterocycles. The van der Waals surface area contributed by atoms with E-state index in [2.05, 4.69) is 62.3 Å². The molecular weight excluding hydrogens is 733 g/mol. The van der Waals surface area contributed by atoms with Crippen molar-refractivity contribution in [3.8, 4) is 0 Å². The lowest BCUT2D eigenvalue weighted by Crippen LogP contribution is -2.59. The molecule has 5 N–H and O–H groups in total. The van der Waals surface area contributed by atoms with E-state index in [-0.39, 0.29) is 13.2 Å². The molecule has 1 fully saturated rings. The van der Waals surface area contributed by atoms with Gasteiger partial charge in [-0.1, -0.05) is 171 Å². The van der Waals surface area contributed by atoms with Gasteiger partial charge in [-0.15, -0.1) is 0 Å². The van der Waals surface area contributed by atoms with Gasteiger partial charge in [-0.05, 0) is 67.6 Å².